The highest BCUT2D eigenvalue weighted by molar-refractivity contribution is 5.70. The van der Waals surface area contributed by atoms with Crippen molar-refractivity contribution in [1.29, 1.82) is 0 Å². The van der Waals surface area contributed by atoms with Crippen LogP contribution in [0.15, 0.2) is 0 Å². The second kappa shape index (κ2) is 20.1. The molecule has 1 aliphatic carbocycles. The third kappa shape index (κ3) is 11.1. The van der Waals surface area contributed by atoms with Crippen molar-refractivity contribution >= 4 is 5.97 Å². The van der Waals surface area contributed by atoms with Crippen LogP contribution in [0.2, 0.25) is 0 Å². The molecule has 27 heavy (non-hydrogen) atoms. The number of esters is 1. The van der Waals surface area contributed by atoms with Gasteiger partial charge in [0.05, 0.1) is 20.3 Å². The summed E-state index contributed by atoms with van der Waals surface area (Å²) in [4.78, 5) is 19.6. The predicted octanol–water partition coefficient (Wildman–Crippen LogP) is 6.40. The lowest BCUT2D eigenvalue weighted by Gasteiger charge is -2.43. The van der Waals surface area contributed by atoms with E-state index in [1.165, 1.54) is 39.9 Å². The minimum absolute atomic E-state index is 0. The van der Waals surface area contributed by atoms with Crippen LogP contribution in [0, 0.1) is 17.8 Å². The van der Waals surface area contributed by atoms with Gasteiger partial charge in [0.2, 0.25) is 6.29 Å². The third-order valence-electron chi connectivity index (χ3n) is 4.71. The van der Waals surface area contributed by atoms with E-state index in [2.05, 4.69) is 16.7 Å². The molecule has 5 heteroatoms. The molecule has 1 saturated carbocycles. The molecule has 0 bridgehead atoms. The molecule has 0 aromatic carbocycles. The molecule has 3 fully saturated rings. The molecule has 5 unspecified atom stereocenters. The number of rotatable bonds is 1. The van der Waals surface area contributed by atoms with Crippen molar-refractivity contribution in [1.82, 2.24) is 0 Å². The Morgan fingerprint density at radius 2 is 1.37 bits per heavy atom. The molecule has 0 N–H and O–H groups in total. The zero-order valence-corrected chi connectivity index (χ0v) is 18.7. The molecule has 0 amide bonds. The summed E-state index contributed by atoms with van der Waals surface area (Å²) in [5.74, 6) is 1.68. The summed E-state index contributed by atoms with van der Waals surface area (Å²) in [7, 11) is 2.92. The lowest BCUT2D eigenvalue weighted by molar-refractivity contribution is -0.248. The van der Waals surface area contributed by atoms with E-state index in [9.17, 15) is 4.79 Å². The minimum atomic E-state index is -0.242. The van der Waals surface area contributed by atoms with Gasteiger partial charge in [0.15, 0.2) is 0 Å². The van der Waals surface area contributed by atoms with Crippen LogP contribution >= 0.6 is 0 Å². The van der Waals surface area contributed by atoms with Gasteiger partial charge in [-0.3, -0.25) is 4.79 Å². The van der Waals surface area contributed by atoms with E-state index in [-0.39, 0.29) is 25.8 Å². The molecule has 0 aromatic heterocycles. The monoisotopic (exact) mass is 392 g/mol. The second-order valence-corrected chi connectivity index (χ2v) is 5.95. The zero-order chi connectivity index (χ0) is 20.5. The first kappa shape index (κ1) is 31.1. The van der Waals surface area contributed by atoms with Crippen LogP contribution in [0.4, 0.5) is 0 Å². The average molecular weight is 393 g/mol. The molecule has 3 rings (SSSR count). The van der Waals surface area contributed by atoms with E-state index in [1.54, 1.807) is 0 Å². The Hall–Kier alpha value is -0.650. The Balaban J connectivity index is -0.000000453. The number of ether oxygens (including phenoxy) is 2. The molecule has 5 nitrogen and oxygen atoms in total. The van der Waals surface area contributed by atoms with Crippen molar-refractivity contribution in [3.63, 3.8) is 0 Å². The SMILES string of the molecule is C.CC.CC.CC.CC1CCC2CCCC3CC(=O)OC(O1)C23.COOC. The number of hydrogen-bond acceptors (Lipinski definition) is 5. The molecule has 5 atom stereocenters. The van der Waals surface area contributed by atoms with Gasteiger partial charge in [-0.15, -0.1) is 0 Å². The lowest BCUT2D eigenvalue weighted by atomic mass is 9.68. The van der Waals surface area contributed by atoms with Crippen molar-refractivity contribution in [3.8, 4) is 0 Å². The van der Waals surface area contributed by atoms with Gasteiger partial charge in [-0.25, -0.2) is 9.78 Å². The fourth-order valence-electron chi connectivity index (χ4n) is 3.77. The van der Waals surface area contributed by atoms with Crippen LogP contribution in [0.25, 0.3) is 0 Å². The predicted molar refractivity (Wildman–Crippen MR) is 113 cm³/mol. The standard InChI is InChI=1S/C13H20O3.C2H6O2.3C2H6.CH4/c1-8-5-6-9-3-2-4-10-7-11(14)16-13(15-8)12(9)10;1-3-4-2;3*1-2;/h8-10,12-13H,2-7H2,1H3;1-2H3;3*1-2H3;1H4. The third-order valence-corrected chi connectivity index (χ3v) is 4.71. The maximum absolute atomic E-state index is 11.5. The first-order valence-corrected chi connectivity index (χ1v) is 10.6. The van der Waals surface area contributed by atoms with Crippen LogP contribution in [0.3, 0.4) is 0 Å². The average Bonchev–Trinajstić information content (AvgIpc) is 2.86. The molecule has 3 aliphatic rings. The highest BCUT2D eigenvalue weighted by atomic mass is 17.2. The molecule has 2 heterocycles. The second-order valence-electron chi connectivity index (χ2n) is 5.95. The van der Waals surface area contributed by atoms with Crippen LogP contribution in [0.1, 0.15) is 94.4 Å². The summed E-state index contributed by atoms with van der Waals surface area (Å²) in [6, 6.07) is 0. The van der Waals surface area contributed by atoms with E-state index >= 15 is 0 Å². The fraction of sp³-hybridized carbons (Fsp3) is 0.955. The summed E-state index contributed by atoms with van der Waals surface area (Å²) >= 11 is 0. The fourth-order valence-corrected chi connectivity index (χ4v) is 3.77. The van der Waals surface area contributed by atoms with Crippen LogP contribution < -0.4 is 0 Å². The Morgan fingerprint density at radius 1 is 0.852 bits per heavy atom. The van der Waals surface area contributed by atoms with Gasteiger partial charge in [-0.1, -0.05) is 55.4 Å². The summed E-state index contributed by atoms with van der Waals surface area (Å²) < 4.78 is 11.3. The molecule has 2 saturated heterocycles. The number of carbonyl (C=O) groups excluding carboxylic acids is 1. The lowest BCUT2D eigenvalue weighted by Crippen LogP contribution is -2.45. The van der Waals surface area contributed by atoms with Gasteiger partial charge in [-0.05, 0) is 44.4 Å². The summed E-state index contributed by atoms with van der Waals surface area (Å²) in [5, 5.41) is 0. The first-order chi connectivity index (χ1) is 12.7. The molecule has 0 radical (unpaired) electrons. The van der Waals surface area contributed by atoms with Crippen LogP contribution in [-0.2, 0) is 24.0 Å². The summed E-state index contributed by atoms with van der Waals surface area (Å²) in [6.45, 7) is 14.1. The quantitative estimate of drug-likeness (QED) is 0.293. The highest BCUT2D eigenvalue weighted by Crippen LogP contribution is 2.46. The van der Waals surface area contributed by atoms with Crippen molar-refractivity contribution in [2.75, 3.05) is 14.2 Å². The van der Waals surface area contributed by atoms with Gasteiger partial charge in [-0.2, -0.15) is 0 Å². The van der Waals surface area contributed by atoms with Gasteiger partial charge < -0.3 is 9.47 Å². The maximum atomic E-state index is 11.5. The molecule has 166 valence electrons. The Bertz CT molecular complexity index is 320. The van der Waals surface area contributed by atoms with E-state index in [1.807, 2.05) is 41.5 Å². The van der Waals surface area contributed by atoms with Crippen LogP contribution in [-0.4, -0.2) is 32.6 Å². The van der Waals surface area contributed by atoms with Gasteiger partial charge in [0.1, 0.15) is 0 Å². The topological polar surface area (TPSA) is 54.0 Å². The first-order valence-electron chi connectivity index (χ1n) is 10.6. The molecule has 0 aromatic rings. The van der Waals surface area contributed by atoms with Crippen LogP contribution in [0.5, 0.6) is 0 Å². The molecule has 0 spiro atoms. The van der Waals surface area contributed by atoms with Crippen molar-refractivity contribution in [3.05, 3.63) is 0 Å². The Kier molecular flexibility index (Phi) is 23.1. The van der Waals surface area contributed by atoms with E-state index in [0.29, 0.717) is 18.3 Å². The van der Waals surface area contributed by atoms with E-state index in [0.717, 1.165) is 12.3 Å². The number of carbonyl (C=O) groups is 1. The maximum Gasteiger partial charge on any atom is 0.308 e. The molecule has 2 aliphatic heterocycles. The smallest absolute Gasteiger partial charge is 0.308 e. The summed E-state index contributed by atoms with van der Waals surface area (Å²) in [6.07, 6.45) is 6.74. The van der Waals surface area contributed by atoms with Gasteiger partial charge in [0.25, 0.3) is 0 Å². The minimum Gasteiger partial charge on any atom is -0.435 e. The van der Waals surface area contributed by atoms with Crippen molar-refractivity contribution < 1.29 is 24.0 Å². The Morgan fingerprint density at radius 3 is 1.89 bits per heavy atom. The molecular weight excluding hydrogens is 344 g/mol. The largest absolute Gasteiger partial charge is 0.435 e. The van der Waals surface area contributed by atoms with Gasteiger partial charge >= 0.3 is 5.97 Å². The Labute approximate surface area is 169 Å². The van der Waals surface area contributed by atoms with Gasteiger partial charge in [0, 0.05) is 12.3 Å². The molecular formula is C22H48O5. The zero-order valence-electron chi connectivity index (χ0n) is 18.7. The van der Waals surface area contributed by atoms with E-state index in [4.69, 9.17) is 9.47 Å². The number of hydrogen-bond donors (Lipinski definition) is 0. The van der Waals surface area contributed by atoms with E-state index < -0.39 is 0 Å². The summed E-state index contributed by atoms with van der Waals surface area (Å²) in [5.41, 5.74) is 0. The highest BCUT2D eigenvalue weighted by Gasteiger charge is 2.47. The van der Waals surface area contributed by atoms with Crippen molar-refractivity contribution in [2.45, 2.75) is 107 Å². The van der Waals surface area contributed by atoms with Crippen molar-refractivity contribution in [2.24, 2.45) is 17.8 Å². The normalized spacial score (nSPS) is 30.1.